The van der Waals surface area contributed by atoms with E-state index in [1.54, 1.807) is 0 Å². The second-order valence-electron chi connectivity index (χ2n) is 6.09. The molecule has 1 aliphatic rings. The largest absolute Gasteiger partial charge is 0.310 e. The molecule has 0 aliphatic heterocycles. The highest BCUT2D eigenvalue weighted by Gasteiger charge is 2.26. The van der Waals surface area contributed by atoms with Crippen molar-refractivity contribution < 1.29 is 0 Å². The summed E-state index contributed by atoms with van der Waals surface area (Å²) in [5.41, 5.74) is 8.11. The molecule has 1 aromatic carbocycles. The van der Waals surface area contributed by atoms with E-state index in [0.29, 0.717) is 6.04 Å². The molecule has 0 saturated heterocycles. The predicted molar refractivity (Wildman–Crippen MR) is 87.5 cm³/mol. The molecule has 0 spiro atoms. The van der Waals surface area contributed by atoms with Crippen molar-refractivity contribution in [1.82, 2.24) is 15.1 Å². The molecule has 0 amide bonds. The van der Waals surface area contributed by atoms with Gasteiger partial charge in [-0.2, -0.15) is 5.10 Å². The Bertz CT molecular complexity index is 655. The molecule has 1 aromatic heterocycles. The van der Waals surface area contributed by atoms with Gasteiger partial charge in [-0.05, 0) is 56.3 Å². The molecule has 0 saturated carbocycles. The smallest absolute Gasteiger partial charge is 0.0674 e. The first kappa shape index (κ1) is 14.3. The van der Waals surface area contributed by atoms with E-state index in [1.807, 2.05) is 11.7 Å². The van der Waals surface area contributed by atoms with Crippen molar-refractivity contribution in [2.45, 2.75) is 46.1 Å². The van der Waals surface area contributed by atoms with Crippen LogP contribution < -0.4 is 5.32 Å². The van der Waals surface area contributed by atoms with Crippen LogP contribution in [0.3, 0.4) is 0 Å². The van der Waals surface area contributed by atoms with Gasteiger partial charge in [-0.25, -0.2) is 0 Å². The summed E-state index contributed by atoms with van der Waals surface area (Å²) in [5, 5.41) is 8.26. The number of aryl methyl sites for hydroxylation is 2. The fourth-order valence-corrected chi connectivity index (χ4v) is 3.58. The molecule has 1 heterocycles. The molecular formula is C18H25N3. The lowest BCUT2D eigenvalue weighted by Crippen LogP contribution is -2.19. The third kappa shape index (κ3) is 2.40. The Labute approximate surface area is 127 Å². The molecule has 1 atom stereocenters. The van der Waals surface area contributed by atoms with Crippen molar-refractivity contribution in [3.8, 4) is 11.1 Å². The zero-order valence-corrected chi connectivity index (χ0v) is 13.5. The fourth-order valence-electron chi connectivity index (χ4n) is 3.58. The lowest BCUT2D eigenvalue weighted by Gasteiger charge is -2.14. The predicted octanol–water partition coefficient (Wildman–Crippen LogP) is 3.69. The number of benzene rings is 1. The first-order chi connectivity index (χ1) is 10.1. The van der Waals surface area contributed by atoms with Crippen molar-refractivity contribution in [3.05, 3.63) is 40.7 Å². The number of nitrogens with one attached hydrogen (secondary N) is 1. The van der Waals surface area contributed by atoms with E-state index in [9.17, 15) is 0 Å². The van der Waals surface area contributed by atoms with E-state index in [1.165, 1.54) is 47.2 Å². The van der Waals surface area contributed by atoms with Crippen molar-refractivity contribution in [2.75, 3.05) is 6.54 Å². The van der Waals surface area contributed by atoms with Gasteiger partial charge in [0.1, 0.15) is 0 Å². The molecule has 112 valence electrons. The second kappa shape index (κ2) is 5.64. The molecule has 1 aliphatic carbocycles. The van der Waals surface area contributed by atoms with Gasteiger partial charge in [-0.3, -0.25) is 4.68 Å². The molecule has 3 nitrogen and oxygen atoms in total. The fraction of sp³-hybridized carbons (Fsp3) is 0.500. The van der Waals surface area contributed by atoms with Crippen molar-refractivity contribution in [2.24, 2.45) is 7.05 Å². The molecule has 0 radical (unpaired) electrons. The van der Waals surface area contributed by atoms with Crippen LogP contribution >= 0.6 is 0 Å². The van der Waals surface area contributed by atoms with Gasteiger partial charge < -0.3 is 5.32 Å². The minimum absolute atomic E-state index is 0.525. The summed E-state index contributed by atoms with van der Waals surface area (Å²) in [6.45, 7) is 7.60. The number of nitrogens with zero attached hydrogens (tertiary/aromatic N) is 2. The summed E-state index contributed by atoms with van der Waals surface area (Å²) in [6.07, 6.45) is 3.57. The Morgan fingerprint density at radius 1 is 1.33 bits per heavy atom. The van der Waals surface area contributed by atoms with Crippen LogP contribution in [0.1, 0.15) is 48.3 Å². The van der Waals surface area contributed by atoms with Crippen LogP contribution in [-0.4, -0.2) is 16.3 Å². The van der Waals surface area contributed by atoms with E-state index >= 15 is 0 Å². The Morgan fingerprint density at radius 2 is 2.14 bits per heavy atom. The van der Waals surface area contributed by atoms with Gasteiger partial charge in [0.05, 0.1) is 5.69 Å². The van der Waals surface area contributed by atoms with Gasteiger partial charge >= 0.3 is 0 Å². The maximum Gasteiger partial charge on any atom is 0.0674 e. The second-order valence-corrected chi connectivity index (χ2v) is 6.09. The van der Waals surface area contributed by atoms with E-state index < -0.39 is 0 Å². The van der Waals surface area contributed by atoms with Crippen LogP contribution in [0.2, 0.25) is 0 Å². The van der Waals surface area contributed by atoms with Crippen LogP contribution in [0.15, 0.2) is 18.2 Å². The zero-order valence-electron chi connectivity index (χ0n) is 13.5. The van der Waals surface area contributed by atoms with Crippen LogP contribution in [0.25, 0.3) is 11.1 Å². The van der Waals surface area contributed by atoms with Crippen LogP contribution in [0, 0.1) is 13.8 Å². The van der Waals surface area contributed by atoms with Crippen molar-refractivity contribution in [1.29, 1.82) is 0 Å². The quantitative estimate of drug-likeness (QED) is 0.927. The van der Waals surface area contributed by atoms with Gasteiger partial charge in [0.2, 0.25) is 0 Å². The van der Waals surface area contributed by atoms with E-state index in [0.717, 1.165) is 12.2 Å². The SMILES string of the molecule is CCCNC1CCc2c(-c3c(C)nn(C)c3C)cccc21. The number of hydrogen-bond donors (Lipinski definition) is 1. The van der Waals surface area contributed by atoms with E-state index in [2.05, 4.69) is 49.4 Å². The first-order valence-corrected chi connectivity index (χ1v) is 7.99. The van der Waals surface area contributed by atoms with Gasteiger partial charge in [0, 0.05) is 24.3 Å². The molecule has 21 heavy (non-hydrogen) atoms. The lowest BCUT2D eigenvalue weighted by atomic mass is 9.95. The summed E-state index contributed by atoms with van der Waals surface area (Å²) >= 11 is 0. The van der Waals surface area contributed by atoms with Gasteiger partial charge in [-0.15, -0.1) is 0 Å². The Morgan fingerprint density at radius 3 is 2.81 bits per heavy atom. The Hall–Kier alpha value is -1.61. The van der Waals surface area contributed by atoms with Crippen molar-refractivity contribution >= 4 is 0 Å². The number of hydrogen-bond acceptors (Lipinski definition) is 2. The van der Waals surface area contributed by atoms with Crippen LogP contribution in [-0.2, 0) is 13.5 Å². The highest BCUT2D eigenvalue weighted by molar-refractivity contribution is 5.73. The Kier molecular flexibility index (Phi) is 3.85. The molecule has 1 N–H and O–H groups in total. The maximum atomic E-state index is 4.58. The monoisotopic (exact) mass is 283 g/mol. The zero-order chi connectivity index (χ0) is 15.0. The van der Waals surface area contributed by atoms with E-state index in [4.69, 9.17) is 0 Å². The summed E-state index contributed by atoms with van der Waals surface area (Å²) in [5.74, 6) is 0. The molecule has 0 fully saturated rings. The normalized spacial score (nSPS) is 17.2. The lowest BCUT2D eigenvalue weighted by molar-refractivity contribution is 0.529. The topological polar surface area (TPSA) is 29.9 Å². The van der Waals surface area contributed by atoms with E-state index in [-0.39, 0.29) is 0 Å². The minimum atomic E-state index is 0.525. The number of fused-ring (bicyclic) bond motifs is 1. The van der Waals surface area contributed by atoms with Gasteiger partial charge in [0.15, 0.2) is 0 Å². The minimum Gasteiger partial charge on any atom is -0.310 e. The molecule has 2 aromatic rings. The number of aromatic nitrogens is 2. The summed E-state index contributed by atoms with van der Waals surface area (Å²) in [7, 11) is 2.03. The van der Waals surface area contributed by atoms with Gasteiger partial charge in [0.25, 0.3) is 0 Å². The Balaban J connectivity index is 2.05. The molecule has 0 bridgehead atoms. The molecule has 1 unspecified atom stereocenters. The molecule has 3 heteroatoms. The molecular weight excluding hydrogens is 258 g/mol. The molecule has 3 rings (SSSR count). The van der Waals surface area contributed by atoms with Crippen LogP contribution in [0.5, 0.6) is 0 Å². The van der Waals surface area contributed by atoms with Gasteiger partial charge in [-0.1, -0.05) is 25.1 Å². The maximum absolute atomic E-state index is 4.58. The first-order valence-electron chi connectivity index (χ1n) is 7.99. The third-order valence-corrected chi connectivity index (χ3v) is 4.69. The summed E-state index contributed by atoms with van der Waals surface area (Å²) in [4.78, 5) is 0. The summed E-state index contributed by atoms with van der Waals surface area (Å²) < 4.78 is 1.99. The van der Waals surface area contributed by atoms with Crippen LogP contribution in [0.4, 0.5) is 0 Å². The summed E-state index contributed by atoms with van der Waals surface area (Å²) in [6, 6.07) is 7.28. The average Bonchev–Trinajstić information content (AvgIpc) is 2.99. The highest BCUT2D eigenvalue weighted by atomic mass is 15.3. The van der Waals surface area contributed by atoms with Crippen molar-refractivity contribution in [3.63, 3.8) is 0 Å². The average molecular weight is 283 g/mol. The highest BCUT2D eigenvalue weighted by Crippen LogP contribution is 2.39. The number of rotatable bonds is 4. The standard InChI is InChI=1S/C18H25N3/c1-5-11-19-17-10-9-14-15(17)7-6-8-16(14)18-12(2)20-21(4)13(18)3/h6-8,17,19H,5,9-11H2,1-4H3. The third-order valence-electron chi connectivity index (χ3n) is 4.69.